The molecule has 42 heavy (non-hydrogen) atoms. The molecule has 3 aromatic carbocycles. The molecule has 0 saturated carbocycles. The van der Waals surface area contributed by atoms with Crippen molar-refractivity contribution in [1.29, 1.82) is 0 Å². The van der Waals surface area contributed by atoms with E-state index in [0.29, 0.717) is 5.75 Å². The maximum atomic E-state index is 11.4. The fourth-order valence-corrected chi connectivity index (χ4v) is 4.97. The molecule has 6 heteroatoms. The number of rotatable bonds is 11. The second kappa shape index (κ2) is 18.7. The number of nitrogens with zero attached hydrogens (tertiary/aromatic N) is 2. The van der Waals surface area contributed by atoms with Crippen LogP contribution in [0, 0.1) is 11.8 Å². The number of anilines is 1. The summed E-state index contributed by atoms with van der Waals surface area (Å²) in [6, 6.07) is 26.5. The van der Waals surface area contributed by atoms with E-state index < -0.39 is 12.8 Å². The van der Waals surface area contributed by atoms with Gasteiger partial charge in [0.25, 0.3) is 0 Å². The van der Waals surface area contributed by atoms with Crippen molar-refractivity contribution in [1.82, 2.24) is 0 Å². The number of aryl methyl sites for hydroxylation is 1. The van der Waals surface area contributed by atoms with Crippen LogP contribution in [0.15, 0.2) is 84.0 Å². The van der Waals surface area contributed by atoms with E-state index in [4.69, 9.17) is 14.9 Å². The number of aliphatic hydroxyl groups is 1. The third kappa shape index (κ3) is 10.3. The molecule has 0 aliphatic carbocycles. The highest BCUT2D eigenvalue weighted by atomic mass is 16.6. The van der Waals surface area contributed by atoms with E-state index in [2.05, 4.69) is 80.8 Å². The highest BCUT2D eigenvalue weighted by molar-refractivity contribution is 6.03. The number of hydrogen-bond acceptors (Lipinski definition) is 6. The van der Waals surface area contributed by atoms with Gasteiger partial charge in [0.05, 0.1) is 17.4 Å². The molecule has 0 saturated heterocycles. The Labute approximate surface area is 253 Å². The van der Waals surface area contributed by atoms with Crippen LogP contribution in [0.4, 0.5) is 5.69 Å². The molecule has 1 N–H and O–H groups in total. The highest BCUT2D eigenvalue weighted by Crippen LogP contribution is 2.37. The molecule has 1 aliphatic rings. The largest absolute Gasteiger partial charge is 0.482 e. The predicted octanol–water partition coefficient (Wildman–Crippen LogP) is 8.58. The molecule has 0 spiro atoms. The summed E-state index contributed by atoms with van der Waals surface area (Å²) in [6.45, 7) is 14.4. The quantitative estimate of drug-likeness (QED) is 0.183. The van der Waals surface area contributed by atoms with Gasteiger partial charge in [-0.05, 0) is 59.2 Å². The fraction of sp³-hybridized carbons (Fsp3) is 0.444. The van der Waals surface area contributed by atoms with Gasteiger partial charge in [-0.3, -0.25) is 5.01 Å². The van der Waals surface area contributed by atoms with Crippen molar-refractivity contribution in [2.45, 2.75) is 80.2 Å². The maximum Gasteiger partial charge on any atom is 0.346 e. The molecular weight excluding hydrogens is 524 g/mol. The average Bonchev–Trinajstić information content (AvgIpc) is 3.48. The average molecular weight is 575 g/mol. The van der Waals surface area contributed by atoms with Crippen molar-refractivity contribution >= 4 is 17.4 Å². The Morgan fingerprint density at radius 1 is 0.929 bits per heavy atom. The second-order valence-corrected chi connectivity index (χ2v) is 10.3. The molecule has 3 aromatic rings. The molecule has 0 aromatic heterocycles. The Balaban J connectivity index is 0.000000535. The summed E-state index contributed by atoms with van der Waals surface area (Å²) in [5, 5.41) is 15.7. The van der Waals surface area contributed by atoms with Gasteiger partial charge in [-0.25, -0.2) is 4.79 Å². The lowest BCUT2D eigenvalue weighted by Gasteiger charge is -2.24. The zero-order valence-corrected chi connectivity index (χ0v) is 26.5. The Hall–Kier alpha value is -3.64. The van der Waals surface area contributed by atoms with E-state index >= 15 is 0 Å². The van der Waals surface area contributed by atoms with E-state index in [0.717, 1.165) is 47.2 Å². The number of hydrazone groups is 1. The van der Waals surface area contributed by atoms with Crippen molar-refractivity contribution in [2.75, 3.05) is 18.4 Å². The standard InChI is InChI=1S/C26H26N2O4.C8H18.C2H6/c1-2-19-8-12-22(13-9-19)28-25(16-24(27-28)20-6-4-3-5-7-20)21-10-14-23(15-11-21)31-17-26(30)32-18-29;1-5-8(6-2)7(3)4;1-2/h3-15,25,29H,2,16-18H2,1H3;7-8H,5-6H2,1-4H3;1-2H3. The Bertz CT molecular complexity index is 1190. The molecule has 1 unspecified atom stereocenters. The predicted molar refractivity (Wildman–Crippen MR) is 174 cm³/mol. The first-order valence-electron chi connectivity index (χ1n) is 15.4. The lowest BCUT2D eigenvalue weighted by atomic mass is 9.91. The minimum Gasteiger partial charge on any atom is -0.482 e. The summed E-state index contributed by atoms with van der Waals surface area (Å²) >= 11 is 0. The van der Waals surface area contributed by atoms with Crippen LogP contribution in [-0.2, 0) is 16.0 Å². The SMILES string of the molecule is CC.CCC(CC)C(C)C.CCc1ccc(N2N=C(c3ccccc3)CC2c2ccc(OCC(=O)OCO)cc2)cc1. The van der Waals surface area contributed by atoms with Crippen LogP contribution >= 0.6 is 0 Å². The molecule has 0 bridgehead atoms. The van der Waals surface area contributed by atoms with Gasteiger partial charge in [0, 0.05) is 6.42 Å². The number of aliphatic hydroxyl groups excluding tert-OH is 1. The first-order valence-corrected chi connectivity index (χ1v) is 15.4. The summed E-state index contributed by atoms with van der Waals surface area (Å²) in [4.78, 5) is 11.4. The van der Waals surface area contributed by atoms with Crippen LogP contribution in [0.2, 0.25) is 0 Å². The van der Waals surface area contributed by atoms with Gasteiger partial charge in [-0.15, -0.1) is 0 Å². The van der Waals surface area contributed by atoms with Crippen molar-refractivity contribution in [3.63, 3.8) is 0 Å². The normalized spacial score (nSPS) is 14.0. The van der Waals surface area contributed by atoms with Gasteiger partial charge in [-0.1, -0.05) is 116 Å². The smallest absolute Gasteiger partial charge is 0.346 e. The third-order valence-electron chi connectivity index (χ3n) is 7.47. The number of esters is 1. The van der Waals surface area contributed by atoms with Gasteiger partial charge in [0.15, 0.2) is 13.4 Å². The number of benzene rings is 3. The van der Waals surface area contributed by atoms with Crippen molar-refractivity contribution in [2.24, 2.45) is 16.9 Å². The van der Waals surface area contributed by atoms with E-state index in [1.165, 1.54) is 18.4 Å². The van der Waals surface area contributed by atoms with E-state index in [1.54, 1.807) is 0 Å². The van der Waals surface area contributed by atoms with Crippen LogP contribution in [0.5, 0.6) is 5.75 Å². The second-order valence-electron chi connectivity index (χ2n) is 10.3. The van der Waals surface area contributed by atoms with Crippen molar-refractivity contribution in [3.8, 4) is 5.75 Å². The van der Waals surface area contributed by atoms with Gasteiger partial charge < -0.3 is 14.6 Å². The molecule has 228 valence electrons. The molecule has 1 heterocycles. The van der Waals surface area contributed by atoms with Crippen molar-refractivity contribution in [3.05, 3.63) is 95.6 Å². The topological polar surface area (TPSA) is 71.4 Å². The Morgan fingerprint density at radius 2 is 1.55 bits per heavy atom. The van der Waals surface area contributed by atoms with E-state index in [1.807, 2.05) is 56.3 Å². The minimum absolute atomic E-state index is 0.0473. The number of hydrogen-bond donors (Lipinski definition) is 1. The molecule has 1 aliphatic heterocycles. The molecule has 1 atom stereocenters. The van der Waals surface area contributed by atoms with Crippen LogP contribution in [0.3, 0.4) is 0 Å². The zero-order valence-electron chi connectivity index (χ0n) is 26.5. The maximum absolute atomic E-state index is 11.4. The molecule has 0 amide bonds. The first-order chi connectivity index (χ1) is 20.4. The molecule has 0 fully saturated rings. The summed E-state index contributed by atoms with van der Waals surface area (Å²) < 4.78 is 9.91. The summed E-state index contributed by atoms with van der Waals surface area (Å²) in [7, 11) is 0. The first kappa shape index (κ1) is 34.6. The van der Waals surface area contributed by atoms with Crippen LogP contribution < -0.4 is 9.75 Å². The van der Waals surface area contributed by atoms with Crippen molar-refractivity contribution < 1.29 is 19.4 Å². The third-order valence-corrected chi connectivity index (χ3v) is 7.47. The molecular formula is C36H50N2O4. The Morgan fingerprint density at radius 3 is 2.05 bits per heavy atom. The molecule has 0 radical (unpaired) electrons. The zero-order chi connectivity index (χ0) is 30.9. The van der Waals surface area contributed by atoms with E-state index in [-0.39, 0.29) is 12.6 Å². The van der Waals surface area contributed by atoms with Crippen LogP contribution in [-0.4, -0.2) is 30.2 Å². The van der Waals surface area contributed by atoms with Crippen LogP contribution in [0.1, 0.15) is 90.5 Å². The molecule has 6 nitrogen and oxygen atoms in total. The van der Waals surface area contributed by atoms with Gasteiger partial charge in [0.1, 0.15) is 5.75 Å². The number of carbonyl (C=O) groups excluding carboxylic acids is 1. The minimum atomic E-state index is -0.651. The van der Waals surface area contributed by atoms with E-state index in [9.17, 15) is 4.79 Å². The molecule has 4 rings (SSSR count). The summed E-state index contributed by atoms with van der Waals surface area (Å²) in [6.07, 6.45) is 4.46. The van der Waals surface area contributed by atoms with Gasteiger partial charge in [0.2, 0.25) is 0 Å². The number of carbonyl (C=O) groups is 1. The Kier molecular flexibility index (Phi) is 15.4. The van der Waals surface area contributed by atoms with Crippen LogP contribution in [0.25, 0.3) is 0 Å². The lowest BCUT2D eigenvalue weighted by molar-refractivity contribution is -0.154. The highest BCUT2D eigenvalue weighted by Gasteiger charge is 2.30. The summed E-state index contributed by atoms with van der Waals surface area (Å²) in [5.74, 6) is 1.78. The summed E-state index contributed by atoms with van der Waals surface area (Å²) in [5.41, 5.74) is 5.60. The lowest BCUT2D eigenvalue weighted by Crippen LogP contribution is -2.18. The van der Waals surface area contributed by atoms with Gasteiger partial charge in [-0.2, -0.15) is 5.10 Å². The number of ether oxygens (including phenoxy) is 2. The monoisotopic (exact) mass is 574 g/mol. The van der Waals surface area contributed by atoms with Gasteiger partial charge >= 0.3 is 5.97 Å². The fourth-order valence-electron chi connectivity index (χ4n) is 4.97.